The molecule has 1 fully saturated rings. The van der Waals surface area contributed by atoms with Crippen LogP contribution in [0.15, 0.2) is 36.5 Å². The maximum atomic E-state index is 11.8. The van der Waals surface area contributed by atoms with Crippen molar-refractivity contribution in [3.63, 3.8) is 0 Å². The third-order valence-corrected chi connectivity index (χ3v) is 5.47. The molecule has 0 unspecified atom stereocenters. The van der Waals surface area contributed by atoms with Gasteiger partial charge in [-0.3, -0.25) is 0 Å². The lowest BCUT2D eigenvalue weighted by atomic mass is 10.1. The normalized spacial score (nSPS) is 18.1. The Morgan fingerprint density at radius 2 is 2.11 bits per heavy atom. The molecule has 1 atom stereocenters. The molecule has 0 bridgehead atoms. The lowest BCUT2D eigenvalue weighted by Crippen LogP contribution is -2.44. The van der Waals surface area contributed by atoms with E-state index in [-0.39, 0.29) is 11.8 Å². The van der Waals surface area contributed by atoms with Crippen LogP contribution in [-0.4, -0.2) is 55.4 Å². The number of morpholine rings is 1. The number of fused-ring (bicyclic) bond motifs is 1. The van der Waals surface area contributed by atoms with Gasteiger partial charge in [0.25, 0.3) is 0 Å². The molecule has 0 amide bonds. The van der Waals surface area contributed by atoms with Crippen LogP contribution in [0.1, 0.15) is 12.6 Å². The molecule has 27 heavy (non-hydrogen) atoms. The molecule has 1 aromatic carbocycles. The highest BCUT2D eigenvalue weighted by Gasteiger charge is 2.22. The highest BCUT2D eigenvalue weighted by Crippen LogP contribution is 2.26. The lowest BCUT2D eigenvalue weighted by molar-refractivity contribution is 0.0985. The summed E-state index contributed by atoms with van der Waals surface area (Å²) in [6.45, 7) is 4.03. The number of ether oxygens (including phenoxy) is 1. The SMILES string of the molecule is C[C@H]1COCCN1c1cc(CS(C)(=O)=O)nc(-c2ccc3cc[nH]c3c2)n1. The average Bonchev–Trinajstić information content (AvgIpc) is 3.08. The van der Waals surface area contributed by atoms with Crippen molar-refractivity contribution in [3.05, 3.63) is 42.2 Å². The van der Waals surface area contributed by atoms with E-state index in [0.717, 1.165) is 22.3 Å². The predicted octanol–water partition coefficient (Wildman–Crippen LogP) is 2.39. The Kier molecular flexibility index (Phi) is 4.61. The number of sulfone groups is 1. The number of hydrogen-bond acceptors (Lipinski definition) is 6. The van der Waals surface area contributed by atoms with E-state index < -0.39 is 9.84 Å². The van der Waals surface area contributed by atoms with E-state index in [0.29, 0.717) is 31.3 Å². The van der Waals surface area contributed by atoms with Gasteiger partial charge < -0.3 is 14.6 Å². The first-order valence-electron chi connectivity index (χ1n) is 8.87. The standard InChI is InChI=1S/C19H22N4O3S/c1-13-11-26-8-7-23(13)18-10-16(12-27(2,24)25)21-19(22-18)15-4-3-14-5-6-20-17(14)9-15/h3-6,9-10,13,20H,7-8,11-12H2,1-2H3/t13-/m0/s1. The number of benzene rings is 1. The van der Waals surface area contributed by atoms with Crippen molar-refractivity contribution in [1.82, 2.24) is 15.0 Å². The second-order valence-corrected chi connectivity index (χ2v) is 9.15. The highest BCUT2D eigenvalue weighted by molar-refractivity contribution is 7.89. The molecule has 0 radical (unpaired) electrons. The minimum atomic E-state index is -3.20. The van der Waals surface area contributed by atoms with Gasteiger partial charge in [0, 0.05) is 36.1 Å². The van der Waals surface area contributed by atoms with Crippen LogP contribution in [0.5, 0.6) is 0 Å². The zero-order valence-electron chi connectivity index (χ0n) is 15.3. The van der Waals surface area contributed by atoms with Crippen molar-refractivity contribution in [1.29, 1.82) is 0 Å². The molecule has 7 nitrogen and oxygen atoms in total. The summed E-state index contributed by atoms with van der Waals surface area (Å²) < 4.78 is 29.2. The fraction of sp³-hybridized carbons (Fsp3) is 0.368. The van der Waals surface area contributed by atoms with Crippen LogP contribution in [0.3, 0.4) is 0 Å². The summed E-state index contributed by atoms with van der Waals surface area (Å²) in [7, 11) is -3.20. The van der Waals surface area contributed by atoms with Gasteiger partial charge in [0.2, 0.25) is 0 Å². The molecule has 1 aliphatic heterocycles. The molecule has 0 spiro atoms. The van der Waals surface area contributed by atoms with E-state index in [2.05, 4.69) is 21.8 Å². The van der Waals surface area contributed by atoms with Crippen LogP contribution < -0.4 is 4.90 Å². The van der Waals surface area contributed by atoms with Gasteiger partial charge in [0.1, 0.15) is 5.82 Å². The van der Waals surface area contributed by atoms with Crippen molar-refractivity contribution in [2.75, 3.05) is 30.9 Å². The first kappa shape index (κ1) is 17.9. The Bertz CT molecular complexity index is 1080. The molecule has 1 saturated heterocycles. The second-order valence-electron chi connectivity index (χ2n) is 7.01. The van der Waals surface area contributed by atoms with E-state index in [4.69, 9.17) is 9.72 Å². The number of aromatic amines is 1. The van der Waals surface area contributed by atoms with Gasteiger partial charge in [-0.1, -0.05) is 12.1 Å². The first-order valence-corrected chi connectivity index (χ1v) is 10.9. The summed E-state index contributed by atoms with van der Waals surface area (Å²) >= 11 is 0. The van der Waals surface area contributed by atoms with Gasteiger partial charge in [0.15, 0.2) is 15.7 Å². The van der Waals surface area contributed by atoms with Crippen LogP contribution in [0.4, 0.5) is 5.82 Å². The largest absolute Gasteiger partial charge is 0.377 e. The minimum absolute atomic E-state index is 0.112. The molecule has 3 heterocycles. The Morgan fingerprint density at radius 1 is 1.26 bits per heavy atom. The highest BCUT2D eigenvalue weighted by atomic mass is 32.2. The molecule has 0 saturated carbocycles. The number of rotatable bonds is 4. The van der Waals surface area contributed by atoms with Crippen LogP contribution in [0.25, 0.3) is 22.3 Å². The Balaban J connectivity index is 1.81. The third-order valence-electron chi connectivity index (χ3n) is 4.65. The van der Waals surface area contributed by atoms with Gasteiger partial charge >= 0.3 is 0 Å². The number of hydrogen-bond donors (Lipinski definition) is 1. The number of nitrogens with zero attached hydrogens (tertiary/aromatic N) is 3. The molecule has 1 aliphatic rings. The Hall–Kier alpha value is -2.45. The van der Waals surface area contributed by atoms with Gasteiger partial charge in [-0.05, 0) is 24.4 Å². The molecule has 3 aromatic rings. The maximum Gasteiger partial charge on any atom is 0.161 e. The lowest BCUT2D eigenvalue weighted by Gasteiger charge is -2.34. The monoisotopic (exact) mass is 386 g/mol. The zero-order chi connectivity index (χ0) is 19.0. The third kappa shape index (κ3) is 3.96. The van der Waals surface area contributed by atoms with E-state index in [9.17, 15) is 8.42 Å². The van der Waals surface area contributed by atoms with E-state index >= 15 is 0 Å². The van der Waals surface area contributed by atoms with Gasteiger partial charge in [-0.15, -0.1) is 0 Å². The Labute approximate surface area is 158 Å². The van der Waals surface area contributed by atoms with Crippen molar-refractivity contribution >= 4 is 26.6 Å². The van der Waals surface area contributed by atoms with Crippen molar-refractivity contribution in [2.45, 2.75) is 18.7 Å². The van der Waals surface area contributed by atoms with Crippen LogP contribution in [0, 0.1) is 0 Å². The van der Waals surface area contributed by atoms with Crippen LogP contribution in [0.2, 0.25) is 0 Å². The molecule has 1 N–H and O–H groups in total. The van der Waals surface area contributed by atoms with Crippen LogP contribution in [-0.2, 0) is 20.3 Å². The summed E-state index contributed by atoms with van der Waals surface area (Å²) in [5.41, 5.74) is 2.34. The fourth-order valence-corrected chi connectivity index (χ4v) is 4.04. The van der Waals surface area contributed by atoms with E-state index in [1.165, 1.54) is 6.26 Å². The van der Waals surface area contributed by atoms with Crippen molar-refractivity contribution in [2.24, 2.45) is 0 Å². The maximum absolute atomic E-state index is 11.8. The average molecular weight is 386 g/mol. The molecule has 8 heteroatoms. The fourth-order valence-electron chi connectivity index (χ4n) is 3.36. The number of anilines is 1. The number of nitrogens with one attached hydrogen (secondary N) is 1. The minimum Gasteiger partial charge on any atom is -0.377 e. The quantitative estimate of drug-likeness (QED) is 0.741. The predicted molar refractivity (Wildman–Crippen MR) is 105 cm³/mol. The second kappa shape index (κ2) is 6.94. The summed E-state index contributed by atoms with van der Waals surface area (Å²) in [5.74, 6) is 1.15. The summed E-state index contributed by atoms with van der Waals surface area (Å²) in [5, 5.41) is 1.10. The van der Waals surface area contributed by atoms with Gasteiger partial charge in [0.05, 0.1) is 30.7 Å². The molecule has 142 valence electrons. The van der Waals surface area contributed by atoms with E-state index in [1.807, 2.05) is 30.5 Å². The summed E-state index contributed by atoms with van der Waals surface area (Å²) in [6, 6.07) is 9.90. The summed E-state index contributed by atoms with van der Waals surface area (Å²) in [6.07, 6.45) is 3.10. The van der Waals surface area contributed by atoms with E-state index in [1.54, 1.807) is 6.07 Å². The summed E-state index contributed by atoms with van der Waals surface area (Å²) in [4.78, 5) is 14.6. The smallest absolute Gasteiger partial charge is 0.161 e. The zero-order valence-corrected chi connectivity index (χ0v) is 16.2. The van der Waals surface area contributed by atoms with Crippen LogP contribution >= 0.6 is 0 Å². The molecule has 2 aromatic heterocycles. The molecular weight excluding hydrogens is 364 g/mol. The topological polar surface area (TPSA) is 88.2 Å². The molecule has 0 aliphatic carbocycles. The Morgan fingerprint density at radius 3 is 2.89 bits per heavy atom. The first-order chi connectivity index (χ1) is 12.9. The van der Waals surface area contributed by atoms with Crippen molar-refractivity contribution in [3.8, 4) is 11.4 Å². The van der Waals surface area contributed by atoms with Gasteiger partial charge in [-0.2, -0.15) is 0 Å². The molecular formula is C19H22N4O3S. The molecule has 4 rings (SSSR count). The number of aromatic nitrogens is 3. The number of H-pyrrole nitrogens is 1. The van der Waals surface area contributed by atoms with Gasteiger partial charge in [-0.25, -0.2) is 18.4 Å². The van der Waals surface area contributed by atoms with Crippen molar-refractivity contribution < 1.29 is 13.2 Å².